The van der Waals surface area contributed by atoms with Crippen LogP contribution in [-0.4, -0.2) is 34.2 Å². The zero-order valence-electron chi connectivity index (χ0n) is 19.6. The Bertz CT molecular complexity index is 1390. The summed E-state index contributed by atoms with van der Waals surface area (Å²) in [6.07, 6.45) is 5.49. The second-order valence-electron chi connectivity index (χ2n) is 8.35. The van der Waals surface area contributed by atoms with Gasteiger partial charge in [0.05, 0.1) is 23.3 Å². The van der Waals surface area contributed by atoms with E-state index < -0.39 is 0 Å². The number of fused-ring (bicyclic) bond motifs is 2. The predicted molar refractivity (Wildman–Crippen MR) is 144 cm³/mol. The van der Waals surface area contributed by atoms with E-state index in [9.17, 15) is 9.59 Å². The summed E-state index contributed by atoms with van der Waals surface area (Å²) in [6.45, 7) is 4.17. The van der Waals surface area contributed by atoms with E-state index in [1.165, 1.54) is 33.5 Å². The van der Waals surface area contributed by atoms with Crippen molar-refractivity contribution < 1.29 is 14.3 Å². The number of amides is 1. The van der Waals surface area contributed by atoms with Gasteiger partial charge in [0, 0.05) is 15.8 Å². The van der Waals surface area contributed by atoms with Crippen LogP contribution in [0.1, 0.15) is 46.1 Å². The van der Waals surface area contributed by atoms with Crippen LogP contribution in [0.3, 0.4) is 0 Å². The Balaban J connectivity index is 1.37. The van der Waals surface area contributed by atoms with E-state index >= 15 is 0 Å². The molecule has 0 bridgehead atoms. The van der Waals surface area contributed by atoms with Crippen LogP contribution in [-0.2, 0) is 22.4 Å². The Morgan fingerprint density at radius 3 is 2.74 bits per heavy atom. The van der Waals surface area contributed by atoms with Gasteiger partial charge in [0.15, 0.2) is 0 Å². The number of rotatable bonds is 7. The molecule has 4 aromatic rings. The minimum Gasteiger partial charge on any atom is -0.462 e. The molecule has 0 saturated heterocycles. The van der Waals surface area contributed by atoms with E-state index in [0.29, 0.717) is 17.2 Å². The van der Waals surface area contributed by atoms with Crippen LogP contribution in [0.25, 0.3) is 21.3 Å². The largest absolute Gasteiger partial charge is 0.462 e. The standard InChI is InChI=1S/C26H25N3O3S3/c1-3-32-26(31)22-17-6-4-5-7-19(17)35-25(22)29-20(30)13-34-24-21-18(12-33-23(21)27-14-28-24)16-10-8-15(2)9-11-16/h8-12,14H,3-7,13H2,1-2H3,(H,29,30). The maximum Gasteiger partial charge on any atom is 0.341 e. The molecule has 180 valence electrons. The minimum absolute atomic E-state index is 0.168. The van der Waals surface area contributed by atoms with Crippen molar-refractivity contribution in [1.29, 1.82) is 0 Å². The normalized spacial score (nSPS) is 13.0. The lowest BCUT2D eigenvalue weighted by Gasteiger charge is -2.12. The molecular formula is C26H25N3O3S3. The SMILES string of the molecule is CCOC(=O)c1c(NC(=O)CSc2ncnc3scc(-c4ccc(C)cc4)c23)sc2c1CCCC2. The summed E-state index contributed by atoms with van der Waals surface area (Å²) in [7, 11) is 0. The first-order valence-corrected chi connectivity index (χ1v) is 14.3. The highest BCUT2D eigenvalue weighted by molar-refractivity contribution is 8.00. The molecule has 1 amide bonds. The highest BCUT2D eigenvalue weighted by atomic mass is 32.2. The first-order chi connectivity index (χ1) is 17.0. The number of carbonyl (C=O) groups excluding carboxylic acids is 2. The maximum atomic E-state index is 13.0. The zero-order chi connectivity index (χ0) is 24.4. The summed E-state index contributed by atoms with van der Waals surface area (Å²) in [5, 5.41) is 7.43. The summed E-state index contributed by atoms with van der Waals surface area (Å²) in [4.78, 5) is 36.7. The molecule has 0 aliphatic heterocycles. The van der Waals surface area contributed by atoms with Gasteiger partial charge in [-0.25, -0.2) is 14.8 Å². The van der Waals surface area contributed by atoms with Crippen LogP contribution in [0.4, 0.5) is 5.00 Å². The van der Waals surface area contributed by atoms with Gasteiger partial charge in [0.25, 0.3) is 0 Å². The third-order valence-corrected chi connectivity index (χ3v) is 9.02. The molecule has 1 N–H and O–H groups in total. The Kier molecular flexibility index (Phi) is 7.17. The molecular weight excluding hydrogens is 499 g/mol. The van der Waals surface area contributed by atoms with Crippen molar-refractivity contribution in [2.75, 3.05) is 17.7 Å². The molecule has 6 nitrogen and oxygen atoms in total. The van der Waals surface area contributed by atoms with Crippen molar-refractivity contribution in [3.05, 3.63) is 57.5 Å². The number of nitrogens with zero attached hydrogens (tertiary/aromatic N) is 2. The van der Waals surface area contributed by atoms with Gasteiger partial charge in [0.1, 0.15) is 21.2 Å². The molecule has 0 saturated carbocycles. The molecule has 0 unspecified atom stereocenters. The van der Waals surface area contributed by atoms with Gasteiger partial charge in [-0.15, -0.1) is 22.7 Å². The fraction of sp³-hybridized carbons (Fsp3) is 0.308. The molecule has 0 spiro atoms. The zero-order valence-corrected chi connectivity index (χ0v) is 22.0. The van der Waals surface area contributed by atoms with Crippen molar-refractivity contribution in [1.82, 2.24) is 9.97 Å². The van der Waals surface area contributed by atoms with Crippen LogP contribution in [0.5, 0.6) is 0 Å². The van der Waals surface area contributed by atoms with Gasteiger partial charge in [0.2, 0.25) is 5.91 Å². The Morgan fingerprint density at radius 2 is 1.94 bits per heavy atom. The topological polar surface area (TPSA) is 81.2 Å². The van der Waals surface area contributed by atoms with E-state index in [4.69, 9.17) is 4.74 Å². The number of nitrogens with one attached hydrogen (secondary N) is 1. The first-order valence-electron chi connectivity index (χ1n) is 11.6. The van der Waals surface area contributed by atoms with Gasteiger partial charge >= 0.3 is 5.97 Å². The highest BCUT2D eigenvalue weighted by Crippen LogP contribution is 2.40. The third-order valence-electron chi connectivity index (χ3n) is 5.94. The van der Waals surface area contributed by atoms with E-state index in [2.05, 4.69) is 51.9 Å². The number of hydrogen-bond acceptors (Lipinski definition) is 8. The highest BCUT2D eigenvalue weighted by Gasteiger charge is 2.27. The lowest BCUT2D eigenvalue weighted by Crippen LogP contribution is -2.17. The molecule has 0 radical (unpaired) electrons. The van der Waals surface area contributed by atoms with Crippen LogP contribution in [0.2, 0.25) is 0 Å². The number of thioether (sulfide) groups is 1. The smallest absolute Gasteiger partial charge is 0.341 e. The number of aromatic nitrogens is 2. The molecule has 1 aliphatic carbocycles. The van der Waals surface area contributed by atoms with Crippen LogP contribution < -0.4 is 5.32 Å². The second kappa shape index (κ2) is 10.5. The number of anilines is 1. The molecule has 9 heteroatoms. The van der Waals surface area contributed by atoms with Crippen molar-refractivity contribution >= 4 is 61.5 Å². The number of carbonyl (C=O) groups is 2. The van der Waals surface area contributed by atoms with Gasteiger partial charge in [-0.1, -0.05) is 41.6 Å². The van der Waals surface area contributed by atoms with Crippen molar-refractivity contribution in [3.63, 3.8) is 0 Å². The Morgan fingerprint density at radius 1 is 1.14 bits per heavy atom. The van der Waals surface area contributed by atoms with Crippen LogP contribution in [0.15, 0.2) is 41.0 Å². The maximum absolute atomic E-state index is 13.0. The molecule has 35 heavy (non-hydrogen) atoms. The number of hydrogen-bond donors (Lipinski definition) is 1. The molecule has 5 rings (SSSR count). The summed E-state index contributed by atoms with van der Waals surface area (Å²) in [6, 6.07) is 8.37. The van der Waals surface area contributed by atoms with Crippen LogP contribution in [0, 0.1) is 6.92 Å². The lowest BCUT2D eigenvalue weighted by molar-refractivity contribution is -0.113. The van der Waals surface area contributed by atoms with Gasteiger partial charge in [-0.3, -0.25) is 4.79 Å². The summed E-state index contributed by atoms with van der Waals surface area (Å²) >= 11 is 4.46. The fourth-order valence-corrected chi connectivity index (χ4v) is 7.36. The molecule has 1 aromatic carbocycles. The van der Waals surface area contributed by atoms with Crippen molar-refractivity contribution in [2.45, 2.75) is 44.6 Å². The van der Waals surface area contributed by atoms with Gasteiger partial charge in [-0.2, -0.15) is 0 Å². The van der Waals surface area contributed by atoms with E-state index in [0.717, 1.165) is 57.6 Å². The summed E-state index contributed by atoms with van der Waals surface area (Å²) in [5.41, 5.74) is 4.96. The van der Waals surface area contributed by atoms with Crippen molar-refractivity contribution in [3.8, 4) is 11.1 Å². The fourth-order valence-electron chi connectivity index (χ4n) is 4.27. The van der Waals surface area contributed by atoms with E-state index in [1.807, 2.05) is 0 Å². The number of esters is 1. The molecule has 1 aliphatic rings. The molecule has 0 atom stereocenters. The molecule has 3 aromatic heterocycles. The monoisotopic (exact) mass is 523 g/mol. The van der Waals surface area contributed by atoms with E-state index in [-0.39, 0.29) is 17.6 Å². The number of aryl methyl sites for hydroxylation is 2. The second-order valence-corrected chi connectivity index (χ2v) is 11.3. The minimum atomic E-state index is -0.353. The van der Waals surface area contributed by atoms with Gasteiger partial charge < -0.3 is 10.1 Å². The average molecular weight is 524 g/mol. The first kappa shape index (κ1) is 24.0. The van der Waals surface area contributed by atoms with Gasteiger partial charge in [-0.05, 0) is 50.7 Å². The number of thiophene rings is 2. The summed E-state index contributed by atoms with van der Waals surface area (Å²) < 4.78 is 5.30. The molecule has 0 fully saturated rings. The quantitative estimate of drug-likeness (QED) is 0.169. The Hall–Kier alpha value is -2.75. The van der Waals surface area contributed by atoms with Crippen molar-refractivity contribution in [2.24, 2.45) is 0 Å². The Labute approximate surface area is 216 Å². The molecule has 3 heterocycles. The number of benzene rings is 1. The number of ether oxygens (including phenoxy) is 1. The van der Waals surface area contributed by atoms with E-state index in [1.54, 1.807) is 24.6 Å². The third kappa shape index (κ3) is 4.98. The summed E-state index contributed by atoms with van der Waals surface area (Å²) in [5.74, 6) is -0.341. The lowest BCUT2D eigenvalue weighted by atomic mass is 9.95. The average Bonchev–Trinajstić information content (AvgIpc) is 3.45. The van der Waals surface area contributed by atoms with Crippen LogP contribution >= 0.6 is 34.4 Å². The predicted octanol–water partition coefficient (Wildman–Crippen LogP) is 6.51.